The van der Waals surface area contributed by atoms with Crippen molar-refractivity contribution in [3.8, 4) is 22.6 Å². The minimum atomic E-state index is -1.03. The fourth-order valence-corrected chi connectivity index (χ4v) is 6.12. The second kappa shape index (κ2) is 12.1. The first-order valence-electron chi connectivity index (χ1n) is 14.2. The number of benzene rings is 4. The average Bonchev–Trinajstić information content (AvgIpc) is 3.81. The number of fused-ring (bicyclic) bond motifs is 1. The molecule has 0 spiro atoms. The lowest BCUT2D eigenvalue weighted by Crippen LogP contribution is -2.43. The maximum atomic E-state index is 14.5. The lowest BCUT2D eigenvalue weighted by Gasteiger charge is -2.28. The highest BCUT2D eigenvalue weighted by atomic mass is 19.1. The summed E-state index contributed by atoms with van der Waals surface area (Å²) in [4.78, 5) is 28.2. The van der Waals surface area contributed by atoms with E-state index in [2.05, 4.69) is 30.4 Å². The smallest absolute Gasteiger partial charge is 0.328 e. The largest absolute Gasteiger partial charge is 0.496 e. The molecule has 4 aromatic rings. The van der Waals surface area contributed by atoms with Gasteiger partial charge in [-0.3, -0.25) is 9.69 Å². The van der Waals surface area contributed by atoms with Crippen LogP contribution in [0.4, 0.5) is 4.39 Å². The first-order chi connectivity index (χ1) is 20.7. The number of carbonyl (C=O) groups is 2. The Bertz CT molecular complexity index is 1680. The number of ether oxygens (including phenoxy) is 3. The second-order valence-corrected chi connectivity index (χ2v) is 11.2. The summed E-state index contributed by atoms with van der Waals surface area (Å²) in [5, 5.41) is 4.54. The van der Waals surface area contributed by atoms with Crippen molar-refractivity contribution < 1.29 is 28.2 Å². The average molecular weight is 585 g/mol. The molecule has 0 saturated heterocycles. The van der Waals surface area contributed by atoms with Crippen LogP contribution >= 0.6 is 0 Å². The highest BCUT2D eigenvalue weighted by Crippen LogP contribution is 2.56. The number of esters is 1. The Morgan fingerprint density at radius 3 is 2.26 bits per heavy atom. The maximum absolute atomic E-state index is 14.5. The van der Waals surface area contributed by atoms with E-state index in [1.165, 1.54) is 19.2 Å². The molecule has 1 fully saturated rings. The summed E-state index contributed by atoms with van der Waals surface area (Å²) in [6, 6.07) is 19.3. The van der Waals surface area contributed by atoms with Gasteiger partial charge in [0.25, 0.3) is 5.91 Å². The monoisotopic (exact) mass is 584 g/mol. The van der Waals surface area contributed by atoms with Gasteiger partial charge in [0.05, 0.1) is 32.5 Å². The molecule has 0 radical (unpaired) electrons. The van der Waals surface area contributed by atoms with Crippen LogP contribution in [0, 0.1) is 12.7 Å². The Balaban J connectivity index is 1.59. The van der Waals surface area contributed by atoms with E-state index in [9.17, 15) is 14.0 Å². The van der Waals surface area contributed by atoms with Crippen LogP contribution in [0.25, 0.3) is 21.9 Å². The zero-order valence-corrected chi connectivity index (χ0v) is 25.4. The molecular weight excluding hydrogens is 547 g/mol. The number of hydrogen-bond donors (Lipinski definition) is 1. The van der Waals surface area contributed by atoms with Crippen LogP contribution in [0.3, 0.4) is 0 Å². The van der Waals surface area contributed by atoms with Crippen LogP contribution in [-0.4, -0.2) is 58.2 Å². The van der Waals surface area contributed by atoms with Gasteiger partial charge in [0.15, 0.2) is 0 Å². The molecule has 1 saturated carbocycles. The lowest BCUT2D eigenvalue weighted by atomic mass is 9.90. The number of carbonyl (C=O) groups excluding carboxylic acids is 2. The van der Waals surface area contributed by atoms with E-state index in [1.54, 1.807) is 27.2 Å². The molecule has 43 heavy (non-hydrogen) atoms. The number of hydrogen-bond acceptors (Lipinski definition) is 6. The van der Waals surface area contributed by atoms with Gasteiger partial charge in [-0.05, 0) is 79.5 Å². The van der Waals surface area contributed by atoms with Gasteiger partial charge in [-0.25, -0.2) is 9.18 Å². The third-order valence-electron chi connectivity index (χ3n) is 8.57. The van der Waals surface area contributed by atoms with Crippen molar-refractivity contribution >= 4 is 22.6 Å². The molecule has 0 bridgehead atoms. The van der Waals surface area contributed by atoms with Crippen molar-refractivity contribution in [1.82, 2.24) is 10.2 Å². The van der Waals surface area contributed by atoms with Crippen LogP contribution in [0.2, 0.25) is 0 Å². The number of nitrogens with one attached hydrogen (secondary N) is 1. The number of nitrogens with zero attached hydrogens (tertiary/aromatic N) is 1. The Kier molecular flexibility index (Phi) is 8.42. The minimum Gasteiger partial charge on any atom is -0.496 e. The Morgan fingerprint density at radius 2 is 1.63 bits per heavy atom. The topological polar surface area (TPSA) is 77.1 Å². The summed E-state index contributed by atoms with van der Waals surface area (Å²) in [5.74, 6) is -0.488. The first kappa shape index (κ1) is 30.0. The second-order valence-electron chi connectivity index (χ2n) is 11.2. The Morgan fingerprint density at radius 1 is 0.930 bits per heavy atom. The quantitative estimate of drug-likeness (QED) is 0.229. The normalized spacial score (nSPS) is 14.3. The SMILES string of the molecule is COC(=O)[C@H](Cc1cccc2c(-c3c(OC)ccc(C4(N(C)C)CC4)c3OC)cccc12)NC(=O)c1c(C)cccc1F. The Hall–Kier alpha value is -4.43. The fourth-order valence-electron chi connectivity index (χ4n) is 6.12. The third-order valence-corrected chi connectivity index (χ3v) is 8.57. The van der Waals surface area contributed by atoms with Gasteiger partial charge in [0.2, 0.25) is 0 Å². The van der Waals surface area contributed by atoms with E-state index >= 15 is 0 Å². The summed E-state index contributed by atoms with van der Waals surface area (Å²) in [6.07, 6.45) is 2.22. The molecule has 0 aliphatic heterocycles. The standard InChI is InChI=1S/C35H37FN2O5/c1-21-10-7-15-27(36)30(21)33(39)37-28(34(40)43-6)20-22-11-8-13-24-23(22)12-9-14-25(24)31-29(41-4)17-16-26(32(31)42-5)35(18-19-35)38(2)3/h7-17,28H,18-20H2,1-6H3,(H,37,39)/t28-/m0/s1. The van der Waals surface area contributed by atoms with Crippen molar-refractivity contribution in [3.63, 3.8) is 0 Å². The third kappa shape index (κ3) is 5.43. The van der Waals surface area contributed by atoms with Gasteiger partial charge >= 0.3 is 5.97 Å². The maximum Gasteiger partial charge on any atom is 0.328 e. The predicted octanol–water partition coefficient (Wildman–Crippen LogP) is 6.04. The summed E-state index contributed by atoms with van der Waals surface area (Å²) in [5.41, 5.74) is 3.99. The highest BCUT2D eigenvalue weighted by Gasteiger charge is 2.49. The van der Waals surface area contributed by atoms with Gasteiger partial charge in [-0.1, -0.05) is 48.5 Å². The number of amides is 1. The molecular formula is C35H37FN2O5. The number of halogens is 1. The van der Waals surface area contributed by atoms with E-state index < -0.39 is 23.7 Å². The van der Waals surface area contributed by atoms with Gasteiger partial charge in [0.1, 0.15) is 23.4 Å². The molecule has 0 aromatic heterocycles. The molecule has 1 N–H and O–H groups in total. The summed E-state index contributed by atoms with van der Waals surface area (Å²) >= 11 is 0. The molecule has 0 heterocycles. The van der Waals surface area contributed by atoms with Crippen LogP contribution in [0.15, 0.2) is 66.7 Å². The van der Waals surface area contributed by atoms with E-state index in [4.69, 9.17) is 14.2 Å². The van der Waals surface area contributed by atoms with Crippen LogP contribution in [0.1, 0.15) is 39.9 Å². The van der Waals surface area contributed by atoms with Crippen LogP contribution in [0.5, 0.6) is 11.5 Å². The van der Waals surface area contributed by atoms with Gasteiger partial charge in [-0.15, -0.1) is 0 Å². The molecule has 1 atom stereocenters. The van der Waals surface area contributed by atoms with Crippen molar-refractivity contribution in [2.24, 2.45) is 0 Å². The lowest BCUT2D eigenvalue weighted by molar-refractivity contribution is -0.142. The van der Waals surface area contributed by atoms with E-state index in [0.29, 0.717) is 11.3 Å². The minimum absolute atomic E-state index is 0.0926. The first-order valence-corrected chi connectivity index (χ1v) is 14.2. The summed E-state index contributed by atoms with van der Waals surface area (Å²) in [6.45, 7) is 1.65. The van der Waals surface area contributed by atoms with E-state index in [1.807, 2.05) is 42.5 Å². The highest BCUT2D eigenvalue weighted by molar-refractivity contribution is 6.02. The van der Waals surface area contributed by atoms with Crippen molar-refractivity contribution in [1.29, 1.82) is 0 Å². The van der Waals surface area contributed by atoms with E-state index in [0.717, 1.165) is 51.6 Å². The molecule has 8 heteroatoms. The predicted molar refractivity (Wildman–Crippen MR) is 165 cm³/mol. The Labute approximate surface area is 251 Å². The number of rotatable bonds is 10. The van der Waals surface area contributed by atoms with Crippen LogP contribution in [-0.2, 0) is 21.5 Å². The molecule has 5 rings (SSSR count). The fraction of sp³-hybridized carbons (Fsp3) is 0.314. The molecule has 1 aliphatic carbocycles. The van der Waals surface area contributed by atoms with Gasteiger partial charge in [-0.2, -0.15) is 0 Å². The molecule has 224 valence electrons. The zero-order chi connectivity index (χ0) is 30.9. The molecule has 7 nitrogen and oxygen atoms in total. The molecule has 1 aliphatic rings. The summed E-state index contributed by atoms with van der Waals surface area (Å²) in [7, 11) is 8.78. The van der Waals surface area contributed by atoms with Gasteiger partial charge < -0.3 is 19.5 Å². The molecule has 4 aromatic carbocycles. The number of methoxy groups -OCH3 is 3. The van der Waals surface area contributed by atoms with Gasteiger partial charge in [0, 0.05) is 17.5 Å². The van der Waals surface area contributed by atoms with Crippen molar-refractivity contribution in [2.75, 3.05) is 35.4 Å². The molecule has 1 amide bonds. The van der Waals surface area contributed by atoms with Crippen molar-refractivity contribution in [2.45, 2.75) is 37.8 Å². The number of aryl methyl sites for hydroxylation is 1. The molecule has 0 unspecified atom stereocenters. The zero-order valence-electron chi connectivity index (χ0n) is 25.4. The van der Waals surface area contributed by atoms with E-state index in [-0.39, 0.29) is 17.5 Å². The van der Waals surface area contributed by atoms with Crippen LogP contribution < -0.4 is 14.8 Å². The summed E-state index contributed by atoms with van der Waals surface area (Å²) < 4.78 is 31.5. The van der Waals surface area contributed by atoms with Crippen molar-refractivity contribution in [3.05, 3.63) is 94.8 Å².